The standard InChI is InChI=1S/C14H25NO/c1-5-6-15-7-8-16-13-9-12(2)10-14(3,4)11-13/h1,12-13,15H,6-11H2,2-4H3. The molecule has 0 spiro atoms. The highest BCUT2D eigenvalue weighted by molar-refractivity contribution is 4.86. The van der Waals surface area contributed by atoms with Crippen LogP contribution in [0.4, 0.5) is 0 Å². The summed E-state index contributed by atoms with van der Waals surface area (Å²) in [5, 5.41) is 3.15. The van der Waals surface area contributed by atoms with E-state index >= 15 is 0 Å². The van der Waals surface area contributed by atoms with E-state index in [-0.39, 0.29) is 0 Å². The smallest absolute Gasteiger partial charge is 0.0595 e. The zero-order valence-electron chi connectivity index (χ0n) is 10.9. The molecule has 1 N–H and O–H groups in total. The minimum absolute atomic E-state index is 0.436. The third-order valence-corrected chi connectivity index (χ3v) is 3.21. The molecule has 1 aliphatic carbocycles. The second kappa shape index (κ2) is 6.27. The van der Waals surface area contributed by atoms with Gasteiger partial charge in [0.25, 0.3) is 0 Å². The molecule has 0 heterocycles. The van der Waals surface area contributed by atoms with Crippen molar-refractivity contribution < 1.29 is 4.74 Å². The van der Waals surface area contributed by atoms with Crippen LogP contribution in [0.15, 0.2) is 0 Å². The molecule has 0 amide bonds. The summed E-state index contributed by atoms with van der Waals surface area (Å²) < 4.78 is 5.90. The maximum Gasteiger partial charge on any atom is 0.0595 e. The first-order valence-electron chi connectivity index (χ1n) is 6.29. The van der Waals surface area contributed by atoms with Crippen molar-refractivity contribution in [3.8, 4) is 12.3 Å². The quantitative estimate of drug-likeness (QED) is 0.571. The van der Waals surface area contributed by atoms with Crippen molar-refractivity contribution >= 4 is 0 Å². The lowest BCUT2D eigenvalue weighted by Gasteiger charge is -2.38. The molecule has 0 bridgehead atoms. The molecule has 2 atom stereocenters. The Morgan fingerprint density at radius 3 is 2.81 bits per heavy atom. The molecule has 1 fully saturated rings. The lowest BCUT2D eigenvalue weighted by Crippen LogP contribution is -2.34. The summed E-state index contributed by atoms with van der Waals surface area (Å²) >= 11 is 0. The number of hydrogen-bond donors (Lipinski definition) is 1. The highest BCUT2D eigenvalue weighted by atomic mass is 16.5. The van der Waals surface area contributed by atoms with E-state index in [1.807, 2.05) is 0 Å². The minimum atomic E-state index is 0.436. The van der Waals surface area contributed by atoms with Crippen molar-refractivity contribution in [1.29, 1.82) is 0 Å². The van der Waals surface area contributed by atoms with Gasteiger partial charge in [-0.15, -0.1) is 6.42 Å². The molecule has 1 rings (SSSR count). The van der Waals surface area contributed by atoms with Gasteiger partial charge in [0.1, 0.15) is 0 Å². The monoisotopic (exact) mass is 223 g/mol. The van der Waals surface area contributed by atoms with Gasteiger partial charge in [-0.25, -0.2) is 0 Å². The minimum Gasteiger partial charge on any atom is -0.377 e. The van der Waals surface area contributed by atoms with Crippen LogP contribution in [0.3, 0.4) is 0 Å². The lowest BCUT2D eigenvalue weighted by molar-refractivity contribution is -0.0211. The number of hydrogen-bond acceptors (Lipinski definition) is 2. The van der Waals surface area contributed by atoms with Crippen molar-refractivity contribution in [2.45, 2.75) is 46.1 Å². The van der Waals surface area contributed by atoms with E-state index in [2.05, 4.69) is 32.0 Å². The first-order valence-corrected chi connectivity index (χ1v) is 6.29. The van der Waals surface area contributed by atoms with Crippen LogP contribution in [0, 0.1) is 23.7 Å². The van der Waals surface area contributed by atoms with Crippen LogP contribution in [0.5, 0.6) is 0 Å². The molecule has 0 aromatic rings. The number of terminal acetylenes is 1. The van der Waals surface area contributed by atoms with E-state index in [9.17, 15) is 0 Å². The molecule has 1 aliphatic rings. The maximum absolute atomic E-state index is 5.90. The highest BCUT2D eigenvalue weighted by Gasteiger charge is 2.32. The van der Waals surface area contributed by atoms with Crippen LogP contribution in [-0.4, -0.2) is 25.8 Å². The fraction of sp³-hybridized carbons (Fsp3) is 0.857. The van der Waals surface area contributed by atoms with Gasteiger partial charge in [0.05, 0.1) is 19.3 Å². The summed E-state index contributed by atoms with van der Waals surface area (Å²) in [6.45, 7) is 9.28. The fourth-order valence-electron chi connectivity index (χ4n) is 2.84. The van der Waals surface area contributed by atoms with Crippen molar-refractivity contribution in [3.05, 3.63) is 0 Å². The van der Waals surface area contributed by atoms with Crippen LogP contribution in [0.2, 0.25) is 0 Å². The van der Waals surface area contributed by atoms with Crippen molar-refractivity contribution in [1.82, 2.24) is 5.32 Å². The molecule has 0 aromatic carbocycles. The van der Waals surface area contributed by atoms with Crippen molar-refractivity contribution in [3.63, 3.8) is 0 Å². The van der Waals surface area contributed by atoms with Gasteiger partial charge in [-0.05, 0) is 30.6 Å². The Hall–Kier alpha value is -0.520. The second-order valence-corrected chi connectivity index (χ2v) is 5.79. The van der Waals surface area contributed by atoms with Crippen molar-refractivity contribution in [2.24, 2.45) is 11.3 Å². The Morgan fingerprint density at radius 1 is 1.44 bits per heavy atom. The summed E-state index contributed by atoms with van der Waals surface area (Å²) in [4.78, 5) is 0. The van der Waals surface area contributed by atoms with Crippen LogP contribution in [0.25, 0.3) is 0 Å². The molecular formula is C14H25NO. The van der Waals surface area contributed by atoms with Crippen molar-refractivity contribution in [2.75, 3.05) is 19.7 Å². The fourth-order valence-corrected chi connectivity index (χ4v) is 2.84. The third-order valence-electron chi connectivity index (χ3n) is 3.21. The molecule has 0 saturated heterocycles. The average molecular weight is 223 g/mol. The van der Waals surface area contributed by atoms with E-state index < -0.39 is 0 Å². The number of ether oxygens (including phenoxy) is 1. The van der Waals surface area contributed by atoms with Gasteiger partial charge in [0.15, 0.2) is 0 Å². The zero-order chi connectivity index (χ0) is 12.0. The molecule has 0 aromatic heterocycles. The Bertz CT molecular complexity index is 242. The van der Waals surface area contributed by atoms with Crippen LogP contribution < -0.4 is 5.32 Å². The van der Waals surface area contributed by atoms with Gasteiger partial charge in [-0.2, -0.15) is 0 Å². The number of rotatable bonds is 5. The first-order chi connectivity index (χ1) is 7.53. The maximum atomic E-state index is 5.90. The molecular weight excluding hydrogens is 198 g/mol. The van der Waals surface area contributed by atoms with Crippen LogP contribution in [0.1, 0.15) is 40.0 Å². The Balaban J connectivity index is 2.19. The van der Waals surface area contributed by atoms with E-state index in [0.29, 0.717) is 18.1 Å². The van der Waals surface area contributed by atoms with Gasteiger partial charge in [0.2, 0.25) is 0 Å². The topological polar surface area (TPSA) is 21.3 Å². The molecule has 92 valence electrons. The number of nitrogens with one attached hydrogen (secondary N) is 1. The summed E-state index contributed by atoms with van der Waals surface area (Å²) in [5.74, 6) is 3.34. The zero-order valence-corrected chi connectivity index (χ0v) is 10.9. The van der Waals surface area contributed by atoms with E-state index in [4.69, 9.17) is 11.2 Å². The SMILES string of the molecule is C#CCNCCOC1CC(C)CC(C)(C)C1. The van der Waals surface area contributed by atoms with E-state index in [0.717, 1.165) is 19.1 Å². The van der Waals surface area contributed by atoms with Crippen LogP contribution >= 0.6 is 0 Å². The van der Waals surface area contributed by atoms with Gasteiger partial charge >= 0.3 is 0 Å². The van der Waals surface area contributed by atoms with Crippen LogP contribution in [-0.2, 0) is 4.74 Å². The second-order valence-electron chi connectivity index (χ2n) is 5.79. The molecule has 2 nitrogen and oxygen atoms in total. The average Bonchev–Trinajstić information content (AvgIpc) is 2.14. The largest absolute Gasteiger partial charge is 0.377 e. The normalized spacial score (nSPS) is 28.6. The molecule has 16 heavy (non-hydrogen) atoms. The molecule has 1 saturated carbocycles. The van der Waals surface area contributed by atoms with E-state index in [1.54, 1.807) is 0 Å². The summed E-state index contributed by atoms with van der Waals surface area (Å²) in [6.07, 6.45) is 9.31. The summed E-state index contributed by atoms with van der Waals surface area (Å²) in [7, 11) is 0. The molecule has 0 radical (unpaired) electrons. The Morgan fingerprint density at radius 2 is 2.19 bits per heavy atom. The van der Waals surface area contributed by atoms with Gasteiger partial charge < -0.3 is 10.1 Å². The Labute approximate surface area is 100 Å². The van der Waals surface area contributed by atoms with E-state index in [1.165, 1.54) is 19.3 Å². The molecule has 0 aliphatic heterocycles. The highest BCUT2D eigenvalue weighted by Crippen LogP contribution is 2.39. The third kappa shape index (κ3) is 5.01. The molecule has 2 unspecified atom stereocenters. The predicted octanol–water partition coefficient (Wildman–Crippen LogP) is 2.44. The van der Waals surface area contributed by atoms with Gasteiger partial charge in [0, 0.05) is 6.54 Å². The van der Waals surface area contributed by atoms with Gasteiger partial charge in [-0.3, -0.25) is 0 Å². The van der Waals surface area contributed by atoms with Gasteiger partial charge in [-0.1, -0.05) is 26.7 Å². The first kappa shape index (κ1) is 13.5. The summed E-state index contributed by atoms with van der Waals surface area (Å²) in [6, 6.07) is 0. The predicted molar refractivity (Wildman–Crippen MR) is 68.2 cm³/mol. The Kier molecular flexibility index (Phi) is 5.31. The summed E-state index contributed by atoms with van der Waals surface area (Å²) in [5.41, 5.74) is 0.439. The lowest BCUT2D eigenvalue weighted by atomic mass is 9.71. The molecule has 2 heteroatoms.